The van der Waals surface area contributed by atoms with E-state index in [2.05, 4.69) is 4.90 Å². The monoisotopic (exact) mass is 410 g/mol. The first-order valence-electron chi connectivity index (χ1n) is 10.7. The lowest BCUT2D eigenvalue weighted by Gasteiger charge is -2.44. The maximum absolute atomic E-state index is 13.5. The number of carbonyl (C=O) groups is 1. The Hall–Kier alpha value is -2.41. The fourth-order valence-electron chi connectivity index (χ4n) is 4.52. The summed E-state index contributed by atoms with van der Waals surface area (Å²) in [6.45, 7) is 5.15. The van der Waals surface area contributed by atoms with Crippen molar-refractivity contribution in [1.82, 2.24) is 9.80 Å². The predicted molar refractivity (Wildman–Crippen MR) is 114 cm³/mol. The summed E-state index contributed by atoms with van der Waals surface area (Å²) < 4.78 is 6.20. The number of likely N-dealkylation sites (tertiary alicyclic amines) is 1. The number of aliphatic hydroxyl groups excluding tert-OH is 1. The third-order valence-electron chi connectivity index (χ3n) is 6.28. The van der Waals surface area contributed by atoms with Gasteiger partial charge in [-0.1, -0.05) is 36.4 Å². The number of aliphatic hydroxyl groups is 1. The Kier molecular flexibility index (Phi) is 6.37. The Bertz CT molecular complexity index is 865. The molecular formula is C24H30N2O4. The summed E-state index contributed by atoms with van der Waals surface area (Å²) in [4.78, 5) is 17.8. The number of amides is 1. The van der Waals surface area contributed by atoms with Gasteiger partial charge in [0.15, 0.2) is 0 Å². The number of piperidine rings is 1. The van der Waals surface area contributed by atoms with Crippen LogP contribution in [0.3, 0.4) is 0 Å². The second-order valence-corrected chi connectivity index (χ2v) is 8.24. The van der Waals surface area contributed by atoms with Gasteiger partial charge in [0, 0.05) is 37.3 Å². The molecular weight excluding hydrogens is 380 g/mol. The summed E-state index contributed by atoms with van der Waals surface area (Å²) in [5, 5.41) is 19.9. The number of morpholine rings is 1. The molecule has 0 unspecified atom stereocenters. The standard InChI is InChI=1S/C24H30N2O4/c1-17-20(8-5-9-21(17)28)24(29)26-14-15-30-22(16-25-12-10-19(27)11-13-25)23(26)18-6-3-2-4-7-18/h2-9,19,22-23,27-28H,10-16H2,1H3/t22-,23-/m0/s1. The second kappa shape index (κ2) is 9.16. The molecule has 0 bridgehead atoms. The maximum Gasteiger partial charge on any atom is 0.254 e. The van der Waals surface area contributed by atoms with E-state index in [4.69, 9.17) is 4.74 Å². The van der Waals surface area contributed by atoms with Gasteiger partial charge in [-0.2, -0.15) is 0 Å². The summed E-state index contributed by atoms with van der Waals surface area (Å²) in [5.74, 6) is 0.0495. The van der Waals surface area contributed by atoms with Crippen LogP contribution < -0.4 is 0 Å². The first-order valence-corrected chi connectivity index (χ1v) is 10.7. The van der Waals surface area contributed by atoms with Crippen LogP contribution in [0, 0.1) is 6.92 Å². The predicted octanol–water partition coefficient (Wildman–Crippen LogP) is 2.74. The van der Waals surface area contributed by atoms with Crippen LogP contribution in [0.4, 0.5) is 0 Å². The number of aromatic hydroxyl groups is 1. The molecule has 2 atom stereocenters. The van der Waals surface area contributed by atoms with Gasteiger partial charge >= 0.3 is 0 Å². The average Bonchev–Trinajstić information content (AvgIpc) is 2.77. The molecule has 0 radical (unpaired) electrons. The molecule has 2 aliphatic rings. The Morgan fingerprint density at radius 3 is 2.53 bits per heavy atom. The Morgan fingerprint density at radius 1 is 1.07 bits per heavy atom. The summed E-state index contributed by atoms with van der Waals surface area (Å²) in [7, 11) is 0. The third kappa shape index (κ3) is 4.36. The van der Waals surface area contributed by atoms with Crippen molar-refractivity contribution in [3.05, 3.63) is 65.2 Å². The molecule has 1 amide bonds. The minimum Gasteiger partial charge on any atom is -0.508 e. The topological polar surface area (TPSA) is 73.2 Å². The minimum atomic E-state index is -0.217. The van der Waals surface area contributed by atoms with E-state index in [-0.39, 0.29) is 29.9 Å². The summed E-state index contributed by atoms with van der Waals surface area (Å²) in [6.07, 6.45) is 1.17. The number of phenolic OH excluding ortho intramolecular Hbond substituents is 1. The van der Waals surface area contributed by atoms with Gasteiger partial charge in [0.1, 0.15) is 5.75 Å². The van der Waals surface area contributed by atoms with Crippen LogP contribution in [-0.4, -0.2) is 70.9 Å². The molecule has 30 heavy (non-hydrogen) atoms. The molecule has 2 aromatic carbocycles. The van der Waals surface area contributed by atoms with Crippen molar-refractivity contribution in [2.45, 2.75) is 38.0 Å². The van der Waals surface area contributed by atoms with E-state index in [0.717, 1.165) is 38.0 Å². The van der Waals surface area contributed by atoms with Crippen LogP contribution in [0.2, 0.25) is 0 Å². The quantitative estimate of drug-likeness (QED) is 0.811. The molecule has 2 saturated heterocycles. The van der Waals surface area contributed by atoms with E-state index < -0.39 is 0 Å². The zero-order valence-electron chi connectivity index (χ0n) is 17.4. The molecule has 6 nitrogen and oxygen atoms in total. The van der Waals surface area contributed by atoms with Crippen molar-refractivity contribution in [3.63, 3.8) is 0 Å². The Labute approximate surface area is 177 Å². The minimum absolute atomic E-state index is 0.0837. The highest BCUT2D eigenvalue weighted by molar-refractivity contribution is 5.96. The van der Waals surface area contributed by atoms with Gasteiger partial charge in [0.25, 0.3) is 5.91 Å². The van der Waals surface area contributed by atoms with Gasteiger partial charge in [-0.05, 0) is 37.5 Å². The fraction of sp³-hybridized carbons (Fsp3) is 0.458. The lowest BCUT2D eigenvalue weighted by molar-refractivity contribution is -0.0770. The van der Waals surface area contributed by atoms with E-state index in [9.17, 15) is 15.0 Å². The third-order valence-corrected chi connectivity index (χ3v) is 6.28. The highest BCUT2D eigenvalue weighted by atomic mass is 16.5. The van der Waals surface area contributed by atoms with Crippen LogP contribution in [0.5, 0.6) is 5.75 Å². The number of hydrogen-bond acceptors (Lipinski definition) is 5. The number of phenols is 1. The SMILES string of the molecule is Cc1c(O)cccc1C(=O)N1CCO[C@@H](CN2CCC(O)CC2)[C@@H]1c1ccccc1. The van der Waals surface area contributed by atoms with Crippen LogP contribution in [-0.2, 0) is 4.74 Å². The average molecular weight is 411 g/mol. The van der Waals surface area contributed by atoms with E-state index in [0.29, 0.717) is 24.3 Å². The van der Waals surface area contributed by atoms with Gasteiger partial charge in [0.2, 0.25) is 0 Å². The molecule has 0 saturated carbocycles. The Morgan fingerprint density at radius 2 is 1.80 bits per heavy atom. The smallest absolute Gasteiger partial charge is 0.254 e. The van der Waals surface area contributed by atoms with Crippen LogP contribution >= 0.6 is 0 Å². The summed E-state index contributed by atoms with van der Waals surface area (Å²) >= 11 is 0. The molecule has 0 aromatic heterocycles. The molecule has 4 rings (SSSR count). The highest BCUT2D eigenvalue weighted by Gasteiger charge is 2.38. The van der Waals surface area contributed by atoms with Crippen LogP contribution in [0.1, 0.15) is 40.4 Å². The molecule has 2 aromatic rings. The van der Waals surface area contributed by atoms with Crippen LogP contribution in [0.15, 0.2) is 48.5 Å². The number of rotatable bonds is 4. The van der Waals surface area contributed by atoms with Crippen molar-refractivity contribution < 1.29 is 19.7 Å². The molecule has 2 fully saturated rings. The second-order valence-electron chi connectivity index (χ2n) is 8.24. The molecule has 2 aliphatic heterocycles. The summed E-state index contributed by atoms with van der Waals surface area (Å²) in [6, 6.07) is 14.9. The number of benzene rings is 2. The number of hydrogen-bond donors (Lipinski definition) is 2. The van der Waals surface area contributed by atoms with E-state index in [1.807, 2.05) is 35.2 Å². The molecule has 0 aliphatic carbocycles. The largest absolute Gasteiger partial charge is 0.508 e. The van der Waals surface area contributed by atoms with E-state index in [1.54, 1.807) is 25.1 Å². The van der Waals surface area contributed by atoms with Crippen molar-refractivity contribution in [1.29, 1.82) is 0 Å². The summed E-state index contributed by atoms with van der Waals surface area (Å²) in [5.41, 5.74) is 2.17. The lowest BCUT2D eigenvalue weighted by Crippen LogP contribution is -2.53. The van der Waals surface area contributed by atoms with Crippen molar-refractivity contribution in [2.75, 3.05) is 32.8 Å². The van der Waals surface area contributed by atoms with E-state index >= 15 is 0 Å². The van der Waals surface area contributed by atoms with Crippen molar-refractivity contribution >= 4 is 5.91 Å². The molecule has 2 N–H and O–H groups in total. The van der Waals surface area contributed by atoms with Crippen molar-refractivity contribution in [2.24, 2.45) is 0 Å². The highest BCUT2D eigenvalue weighted by Crippen LogP contribution is 2.33. The van der Waals surface area contributed by atoms with Gasteiger partial charge in [-0.15, -0.1) is 0 Å². The fourth-order valence-corrected chi connectivity index (χ4v) is 4.52. The Balaban J connectivity index is 1.63. The molecule has 2 heterocycles. The first-order chi connectivity index (χ1) is 14.5. The molecule has 0 spiro atoms. The lowest BCUT2D eigenvalue weighted by atomic mass is 9.95. The molecule has 6 heteroatoms. The number of ether oxygens (including phenoxy) is 1. The number of carbonyl (C=O) groups excluding carboxylic acids is 1. The van der Waals surface area contributed by atoms with Gasteiger partial charge in [-0.25, -0.2) is 0 Å². The van der Waals surface area contributed by atoms with Gasteiger partial charge in [-0.3, -0.25) is 4.79 Å². The van der Waals surface area contributed by atoms with E-state index in [1.165, 1.54) is 0 Å². The zero-order valence-corrected chi connectivity index (χ0v) is 17.4. The zero-order chi connectivity index (χ0) is 21.1. The maximum atomic E-state index is 13.5. The van der Waals surface area contributed by atoms with Gasteiger partial charge in [0.05, 0.1) is 24.9 Å². The first kappa shape index (κ1) is 20.8. The van der Waals surface area contributed by atoms with Gasteiger partial charge < -0.3 is 24.7 Å². The number of nitrogens with zero attached hydrogens (tertiary/aromatic N) is 2. The molecule has 160 valence electrons. The normalized spacial score (nSPS) is 23.5. The van der Waals surface area contributed by atoms with Crippen LogP contribution in [0.25, 0.3) is 0 Å². The van der Waals surface area contributed by atoms with Crippen molar-refractivity contribution in [3.8, 4) is 5.75 Å².